The van der Waals surface area contributed by atoms with Gasteiger partial charge in [-0.2, -0.15) is 0 Å². The zero-order valence-electron chi connectivity index (χ0n) is 13.6. The molecule has 0 amide bonds. The smallest absolute Gasteiger partial charge is 0.115 e. The maximum absolute atomic E-state index is 9.54. The van der Waals surface area contributed by atoms with Gasteiger partial charge in [-0.3, -0.25) is 4.98 Å². The van der Waals surface area contributed by atoms with Crippen molar-refractivity contribution < 1.29 is 5.11 Å². The summed E-state index contributed by atoms with van der Waals surface area (Å²) in [5.74, 6) is 0.313. The van der Waals surface area contributed by atoms with Gasteiger partial charge < -0.3 is 10.4 Å². The van der Waals surface area contributed by atoms with E-state index >= 15 is 0 Å². The summed E-state index contributed by atoms with van der Waals surface area (Å²) in [6, 6.07) is 11.6. The molecule has 0 unspecified atom stereocenters. The van der Waals surface area contributed by atoms with Gasteiger partial charge in [0.25, 0.3) is 0 Å². The van der Waals surface area contributed by atoms with Gasteiger partial charge in [0.15, 0.2) is 0 Å². The molecule has 0 spiro atoms. The molecule has 1 aromatic carbocycles. The number of pyridine rings is 1. The Hall–Kier alpha value is -2.24. The van der Waals surface area contributed by atoms with Crippen LogP contribution < -0.4 is 5.32 Å². The van der Waals surface area contributed by atoms with Crippen LogP contribution in [0.2, 0.25) is 0 Å². The molecular weight excluding hydrogens is 318 g/mol. The predicted molar refractivity (Wildman–Crippen MR) is 98.2 cm³/mol. The minimum absolute atomic E-state index is 0.223. The molecule has 0 aliphatic heterocycles. The maximum atomic E-state index is 9.54. The van der Waals surface area contributed by atoms with Crippen LogP contribution in [0.15, 0.2) is 54.2 Å². The van der Waals surface area contributed by atoms with Crippen LogP contribution in [0.3, 0.4) is 0 Å². The van der Waals surface area contributed by atoms with Gasteiger partial charge in [-0.25, -0.2) is 4.98 Å². The first-order valence-electron chi connectivity index (χ1n) is 8.09. The highest BCUT2D eigenvalue weighted by Crippen LogP contribution is 2.22. The number of hydrogen-bond donors (Lipinski definition) is 2. The Kier molecular flexibility index (Phi) is 5.56. The van der Waals surface area contributed by atoms with Crippen molar-refractivity contribution in [1.82, 2.24) is 15.3 Å². The molecule has 0 bridgehead atoms. The van der Waals surface area contributed by atoms with Crippen molar-refractivity contribution in [2.24, 2.45) is 0 Å². The molecule has 3 aromatic rings. The molecule has 0 aliphatic rings. The van der Waals surface area contributed by atoms with Gasteiger partial charge in [-0.1, -0.05) is 12.1 Å². The zero-order valence-corrected chi connectivity index (χ0v) is 14.5. The van der Waals surface area contributed by atoms with E-state index in [1.807, 2.05) is 24.3 Å². The number of phenolic OH excluding ortho intramolecular Hbond substituents is 1. The highest BCUT2D eigenvalue weighted by molar-refractivity contribution is 7.09. The van der Waals surface area contributed by atoms with E-state index in [1.165, 1.54) is 0 Å². The normalized spacial score (nSPS) is 12.2. The number of aromatic nitrogens is 2. The molecule has 0 saturated carbocycles. The summed E-state index contributed by atoms with van der Waals surface area (Å²) in [6.45, 7) is 3.03. The molecule has 0 fully saturated rings. The van der Waals surface area contributed by atoms with Gasteiger partial charge in [0.05, 0.1) is 10.7 Å². The molecule has 1 atom stereocenters. The highest BCUT2D eigenvalue weighted by Gasteiger charge is 2.07. The number of phenols is 1. The fourth-order valence-corrected chi connectivity index (χ4v) is 3.40. The first kappa shape index (κ1) is 16.6. The van der Waals surface area contributed by atoms with Crippen molar-refractivity contribution in [2.45, 2.75) is 25.8 Å². The molecule has 0 saturated heterocycles. The summed E-state index contributed by atoms with van der Waals surface area (Å²) in [7, 11) is 0. The van der Waals surface area contributed by atoms with Crippen molar-refractivity contribution in [3.05, 3.63) is 64.7 Å². The Bertz CT molecular complexity index is 773. The Balaban J connectivity index is 1.46. The molecule has 0 radical (unpaired) electrons. The van der Waals surface area contributed by atoms with Crippen LogP contribution in [0.5, 0.6) is 5.75 Å². The minimum atomic E-state index is 0.223. The van der Waals surface area contributed by atoms with E-state index in [9.17, 15) is 5.11 Å². The molecular formula is C19H21N3OS. The largest absolute Gasteiger partial charge is 0.508 e. The second kappa shape index (κ2) is 8.04. The van der Waals surface area contributed by atoms with E-state index in [1.54, 1.807) is 35.9 Å². The van der Waals surface area contributed by atoms with Crippen LogP contribution in [0.25, 0.3) is 11.3 Å². The quantitative estimate of drug-likeness (QED) is 0.634. The van der Waals surface area contributed by atoms with Gasteiger partial charge in [0.2, 0.25) is 0 Å². The van der Waals surface area contributed by atoms with Crippen molar-refractivity contribution in [3.8, 4) is 17.0 Å². The molecule has 124 valence electrons. The van der Waals surface area contributed by atoms with Gasteiger partial charge in [-0.15, -0.1) is 11.3 Å². The Morgan fingerprint density at radius 2 is 2.04 bits per heavy atom. The van der Waals surface area contributed by atoms with E-state index in [0.29, 0.717) is 5.75 Å². The summed E-state index contributed by atoms with van der Waals surface area (Å²) < 4.78 is 0. The summed E-state index contributed by atoms with van der Waals surface area (Å²) in [4.78, 5) is 8.73. The first-order chi connectivity index (χ1) is 11.7. The predicted octanol–water partition coefficient (Wildman–Crippen LogP) is 4.19. The second-order valence-electron chi connectivity index (χ2n) is 5.74. The lowest BCUT2D eigenvalue weighted by molar-refractivity contribution is 0.472. The lowest BCUT2D eigenvalue weighted by Gasteiger charge is -2.14. The molecule has 3 rings (SSSR count). The fourth-order valence-electron chi connectivity index (χ4n) is 2.55. The van der Waals surface area contributed by atoms with E-state index in [4.69, 9.17) is 4.98 Å². The number of benzene rings is 1. The lowest BCUT2D eigenvalue weighted by atomic mass is 10.1. The van der Waals surface area contributed by atoms with Crippen LogP contribution in [0, 0.1) is 0 Å². The monoisotopic (exact) mass is 339 g/mol. The number of aryl methyl sites for hydroxylation is 1. The third-order valence-corrected chi connectivity index (χ3v) is 4.82. The standard InChI is InChI=1S/C19H21N3OS/c1-14(16-4-2-5-17(23)12-16)21-9-3-6-19-22-18(13-24-19)15-7-10-20-11-8-15/h2,4-5,7-8,10-14,21,23H,3,6,9H2,1H3/t14-/m0/s1. The fraction of sp³-hybridized carbons (Fsp3) is 0.263. The van der Waals surface area contributed by atoms with Crippen LogP contribution in [0.4, 0.5) is 0 Å². The molecule has 2 aromatic heterocycles. The SMILES string of the molecule is C[C@H](NCCCc1nc(-c2ccncc2)cs1)c1cccc(O)c1. The van der Waals surface area contributed by atoms with Crippen molar-refractivity contribution in [2.75, 3.05) is 6.54 Å². The van der Waals surface area contributed by atoms with Crippen LogP contribution in [0.1, 0.15) is 30.0 Å². The average Bonchev–Trinajstić information content (AvgIpc) is 3.08. The van der Waals surface area contributed by atoms with E-state index in [-0.39, 0.29) is 6.04 Å². The lowest BCUT2D eigenvalue weighted by Crippen LogP contribution is -2.20. The van der Waals surface area contributed by atoms with Gasteiger partial charge >= 0.3 is 0 Å². The molecule has 0 aliphatic carbocycles. The summed E-state index contributed by atoms with van der Waals surface area (Å²) in [5.41, 5.74) is 3.24. The molecule has 2 heterocycles. The number of thiazole rings is 1. The highest BCUT2D eigenvalue weighted by atomic mass is 32.1. The van der Waals surface area contributed by atoms with Gasteiger partial charge in [0.1, 0.15) is 5.75 Å². The summed E-state index contributed by atoms with van der Waals surface area (Å²) >= 11 is 1.71. The Morgan fingerprint density at radius 3 is 2.83 bits per heavy atom. The van der Waals surface area contributed by atoms with E-state index in [2.05, 4.69) is 22.6 Å². The van der Waals surface area contributed by atoms with Crippen molar-refractivity contribution >= 4 is 11.3 Å². The van der Waals surface area contributed by atoms with E-state index in [0.717, 1.165) is 41.2 Å². The van der Waals surface area contributed by atoms with Crippen molar-refractivity contribution in [1.29, 1.82) is 0 Å². The van der Waals surface area contributed by atoms with Crippen LogP contribution >= 0.6 is 11.3 Å². The number of hydrogen-bond acceptors (Lipinski definition) is 5. The number of nitrogens with one attached hydrogen (secondary N) is 1. The summed E-state index contributed by atoms with van der Waals surface area (Å²) in [6.07, 6.45) is 5.59. The maximum Gasteiger partial charge on any atom is 0.115 e. The molecule has 4 nitrogen and oxygen atoms in total. The minimum Gasteiger partial charge on any atom is -0.508 e. The Labute approximate surface area is 146 Å². The molecule has 2 N–H and O–H groups in total. The third-order valence-electron chi connectivity index (χ3n) is 3.92. The second-order valence-corrected chi connectivity index (χ2v) is 6.68. The Morgan fingerprint density at radius 1 is 1.21 bits per heavy atom. The topological polar surface area (TPSA) is 58.0 Å². The van der Waals surface area contributed by atoms with Gasteiger partial charge in [0, 0.05) is 35.8 Å². The van der Waals surface area contributed by atoms with Crippen LogP contribution in [-0.2, 0) is 6.42 Å². The first-order valence-corrected chi connectivity index (χ1v) is 8.97. The van der Waals surface area contributed by atoms with Crippen LogP contribution in [-0.4, -0.2) is 21.6 Å². The summed E-state index contributed by atoms with van der Waals surface area (Å²) in [5, 5.41) is 16.3. The number of nitrogens with zero attached hydrogens (tertiary/aromatic N) is 2. The van der Waals surface area contributed by atoms with Gasteiger partial charge in [-0.05, 0) is 49.7 Å². The average molecular weight is 339 g/mol. The molecule has 24 heavy (non-hydrogen) atoms. The number of aromatic hydroxyl groups is 1. The number of rotatable bonds is 7. The zero-order chi connectivity index (χ0) is 16.8. The third kappa shape index (κ3) is 4.40. The molecule has 5 heteroatoms. The van der Waals surface area contributed by atoms with E-state index < -0.39 is 0 Å². The van der Waals surface area contributed by atoms with Crippen molar-refractivity contribution in [3.63, 3.8) is 0 Å².